The number of para-hydroxylation sites is 1. The van der Waals surface area contributed by atoms with E-state index in [1.807, 2.05) is 13.8 Å². The number of halogens is 3. The van der Waals surface area contributed by atoms with Gasteiger partial charge in [-0.25, -0.2) is 4.99 Å². The molecule has 0 spiro atoms. The Labute approximate surface area is 152 Å². The quantitative estimate of drug-likeness (QED) is 0.612. The van der Waals surface area contributed by atoms with Gasteiger partial charge in [0.05, 0.1) is 12.6 Å². The first-order valence-corrected chi connectivity index (χ1v) is 8.91. The summed E-state index contributed by atoms with van der Waals surface area (Å²) in [5, 5.41) is 3.21. The molecule has 1 N–H and O–H groups in total. The Morgan fingerprint density at radius 2 is 1.92 bits per heavy atom. The lowest BCUT2D eigenvalue weighted by atomic mass is 10.1. The van der Waals surface area contributed by atoms with Crippen LogP contribution < -0.4 is 10.1 Å². The third kappa shape index (κ3) is 6.40. The molecule has 0 aliphatic carbocycles. The maximum Gasteiger partial charge on any atom is 0.573 e. The first-order chi connectivity index (χ1) is 12.4. The number of hydrogen-bond acceptors (Lipinski definition) is 3. The van der Waals surface area contributed by atoms with Crippen molar-refractivity contribution >= 4 is 5.96 Å². The van der Waals surface area contributed by atoms with Crippen LogP contribution in [-0.2, 0) is 11.3 Å². The first-order valence-electron chi connectivity index (χ1n) is 8.91. The van der Waals surface area contributed by atoms with Crippen LogP contribution in [0.2, 0.25) is 0 Å². The normalized spacial score (nSPS) is 16.7. The summed E-state index contributed by atoms with van der Waals surface area (Å²) in [4.78, 5) is 6.63. The van der Waals surface area contributed by atoms with Crippen molar-refractivity contribution in [3.05, 3.63) is 29.8 Å². The molecule has 26 heavy (non-hydrogen) atoms. The lowest BCUT2D eigenvalue weighted by Gasteiger charge is -2.34. The Morgan fingerprint density at radius 1 is 1.23 bits per heavy atom. The number of likely N-dealkylation sites (tertiary alicyclic amines) is 1. The molecule has 1 fully saturated rings. The van der Waals surface area contributed by atoms with Gasteiger partial charge in [-0.1, -0.05) is 18.2 Å². The molecule has 5 nitrogen and oxygen atoms in total. The van der Waals surface area contributed by atoms with E-state index in [1.54, 1.807) is 12.1 Å². The highest BCUT2D eigenvalue weighted by Gasteiger charge is 2.32. The molecule has 8 heteroatoms. The highest BCUT2D eigenvalue weighted by molar-refractivity contribution is 5.80. The maximum atomic E-state index is 12.5. The number of alkyl halides is 3. The molecular weight excluding hydrogens is 347 g/mol. The lowest BCUT2D eigenvalue weighted by molar-refractivity contribution is -0.274. The van der Waals surface area contributed by atoms with E-state index < -0.39 is 6.36 Å². The van der Waals surface area contributed by atoms with Gasteiger partial charge in [0.1, 0.15) is 5.75 Å². The summed E-state index contributed by atoms with van der Waals surface area (Å²) in [7, 11) is 0. The van der Waals surface area contributed by atoms with Crippen molar-refractivity contribution in [2.24, 2.45) is 4.99 Å². The van der Waals surface area contributed by atoms with E-state index in [2.05, 4.69) is 19.9 Å². The summed E-state index contributed by atoms with van der Waals surface area (Å²) in [5.74, 6) is 0.485. The van der Waals surface area contributed by atoms with Crippen LogP contribution in [0.25, 0.3) is 0 Å². The molecule has 0 radical (unpaired) electrons. The summed E-state index contributed by atoms with van der Waals surface area (Å²) in [6.45, 7) is 7.05. The van der Waals surface area contributed by atoms with Gasteiger partial charge in [-0.15, -0.1) is 13.2 Å². The minimum absolute atomic E-state index is 0.111. The second-order valence-corrected chi connectivity index (χ2v) is 5.97. The van der Waals surface area contributed by atoms with Crippen LogP contribution in [0.4, 0.5) is 13.2 Å². The van der Waals surface area contributed by atoms with Gasteiger partial charge in [0.25, 0.3) is 0 Å². The predicted molar refractivity (Wildman–Crippen MR) is 94.2 cm³/mol. The maximum absolute atomic E-state index is 12.5. The Hall–Kier alpha value is -1.96. The van der Waals surface area contributed by atoms with Gasteiger partial charge >= 0.3 is 6.36 Å². The number of rotatable bonds is 6. The minimum atomic E-state index is -4.72. The Balaban J connectivity index is 2.06. The Kier molecular flexibility index (Phi) is 7.56. The van der Waals surface area contributed by atoms with Crippen molar-refractivity contribution in [1.82, 2.24) is 10.2 Å². The van der Waals surface area contributed by atoms with Gasteiger partial charge in [-0.2, -0.15) is 0 Å². The fraction of sp³-hybridized carbons (Fsp3) is 0.611. The molecule has 0 unspecified atom stereocenters. The van der Waals surface area contributed by atoms with Crippen molar-refractivity contribution in [3.63, 3.8) is 0 Å². The molecule has 0 bridgehead atoms. The van der Waals surface area contributed by atoms with Crippen LogP contribution in [0, 0.1) is 0 Å². The number of nitrogens with one attached hydrogen (secondary N) is 1. The van der Waals surface area contributed by atoms with Crippen LogP contribution >= 0.6 is 0 Å². The molecule has 1 aromatic rings. The average molecular weight is 373 g/mol. The molecule has 1 aliphatic rings. The van der Waals surface area contributed by atoms with Crippen LogP contribution in [0.15, 0.2) is 29.3 Å². The number of benzene rings is 1. The third-order valence-electron chi connectivity index (χ3n) is 4.08. The fourth-order valence-electron chi connectivity index (χ4n) is 2.91. The van der Waals surface area contributed by atoms with Crippen LogP contribution in [-0.4, -0.2) is 49.6 Å². The zero-order valence-corrected chi connectivity index (χ0v) is 15.2. The molecule has 0 amide bonds. The van der Waals surface area contributed by atoms with Crippen molar-refractivity contribution in [2.75, 3.05) is 26.2 Å². The molecule has 1 aliphatic heterocycles. The van der Waals surface area contributed by atoms with Crippen LogP contribution in [0.5, 0.6) is 5.75 Å². The molecule has 146 valence electrons. The number of piperidine rings is 1. The largest absolute Gasteiger partial charge is 0.573 e. The van der Waals surface area contributed by atoms with Crippen molar-refractivity contribution in [1.29, 1.82) is 0 Å². The van der Waals surface area contributed by atoms with E-state index in [4.69, 9.17) is 4.74 Å². The molecular formula is C18H26F3N3O2. The monoisotopic (exact) mass is 373 g/mol. The molecule has 0 saturated carbocycles. The Bertz CT molecular complexity index is 585. The molecule has 1 heterocycles. The molecule has 2 rings (SSSR count). The van der Waals surface area contributed by atoms with Crippen molar-refractivity contribution < 1.29 is 22.6 Å². The zero-order valence-electron chi connectivity index (χ0n) is 15.2. The number of ether oxygens (including phenoxy) is 2. The van der Waals surface area contributed by atoms with E-state index in [0.717, 1.165) is 25.9 Å². The molecule has 0 aromatic heterocycles. The van der Waals surface area contributed by atoms with Gasteiger partial charge < -0.3 is 19.7 Å². The van der Waals surface area contributed by atoms with Gasteiger partial charge in [0.15, 0.2) is 5.96 Å². The highest BCUT2D eigenvalue weighted by atomic mass is 19.4. The van der Waals surface area contributed by atoms with Crippen molar-refractivity contribution in [2.45, 2.75) is 45.7 Å². The number of nitrogens with zero attached hydrogens (tertiary/aromatic N) is 2. The van der Waals surface area contributed by atoms with Gasteiger partial charge in [0.2, 0.25) is 0 Å². The smallest absolute Gasteiger partial charge is 0.405 e. The number of aliphatic imine (C=N–C) groups is 1. The standard InChI is InChI=1S/C18H26F3N3O2/c1-3-22-17(24-11-9-15(10-12-24)25-4-2)23-13-14-7-5-6-8-16(14)26-18(19,20)21/h5-8,15H,3-4,9-13H2,1-2H3,(H,22,23). The SMILES string of the molecule is CCNC(=NCc1ccccc1OC(F)(F)F)N1CCC(OCC)CC1. The van der Waals surface area contributed by atoms with Crippen LogP contribution in [0.1, 0.15) is 32.3 Å². The fourth-order valence-corrected chi connectivity index (χ4v) is 2.91. The second kappa shape index (κ2) is 9.66. The highest BCUT2D eigenvalue weighted by Crippen LogP contribution is 2.26. The van der Waals surface area contributed by atoms with E-state index >= 15 is 0 Å². The Morgan fingerprint density at radius 3 is 2.54 bits per heavy atom. The minimum Gasteiger partial charge on any atom is -0.405 e. The van der Waals surface area contributed by atoms with E-state index in [1.165, 1.54) is 12.1 Å². The van der Waals surface area contributed by atoms with E-state index in [-0.39, 0.29) is 18.4 Å². The second-order valence-electron chi connectivity index (χ2n) is 5.97. The summed E-state index contributed by atoms with van der Waals surface area (Å²) in [6.07, 6.45) is -2.64. The van der Waals surface area contributed by atoms with Gasteiger partial charge in [-0.3, -0.25) is 0 Å². The zero-order chi connectivity index (χ0) is 19.0. The number of hydrogen-bond donors (Lipinski definition) is 1. The molecule has 1 aromatic carbocycles. The van der Waals surface area contributed by atoms with Gasteiger partial charge in [-0.05, 0) is 32.8 Å². The first kappa shape index (κ1) is 20.4. The van der Waals surface area contributed by atoms with Crippen LogP contribution in [0.3, 0.4) is 0 Å². The molecule has 1 saturated heterocycles. The lowest BCUT2D eigenvalue weighted by Crippen LogP contribution is -2.47. The van der Waals surface area contributed by atoms with Gasteiger partial charge in [0, 0.05) is 31.8 Å². The summed E-state index contributed by atoms with van der Waals surface area (Å²) >= 11 is 0. The van der Waals surface area contributed by atoms with Crippen molar-refractivity contribution in [3.8, 4) is 5.75 Å². The van der Waals surface area contributed by atoms with E-state index in [0.29, 0.717) is 24.7 Å². The van der Waals surface area contributed by atoms with E-state index in [9.17, 15) is 13.2 Å². The summed E-state index contributed by atoms with van der Waals surface area (Å²) < 4.78 is 47.4. The summed E-state index contributed by atoms with van der Waals surface area (Å²) in [5.41, 5.74) is 0.393. The predicted octanol–water partition coefficient (Wildman–Crippen LogP) is 3.55. The topological polar surface area (TPSA) is 46.1 Å². The number of guanidine groups is 1. The summed E-state index contributed by atoms with van der Waals surface area (Å²) in [6, 6.07) is 6.08. The average Bonchev–Trinajstić information content (AvgIpc) is 2.59. The third-order valence-corrected chi connectivity index (χ3v) is 4.08. The molecule has 0 atom stereocenters.